The second kappa shape index (κ2) is 11.8. The Morgan fingerprint density at radius 3 is 2.45 bits per heavy atom. The summed E-state index contributed by atoms with van der Waals surface area (Å²) in [6, 6.07) is 4.09. The summed E-state index contributed by atoms with van der Waals surface area (Å²) in [5.41, 5.74) is -1.09. The Hall–Kier alpha value is -2.13. The molecule has 33 heavy (non-hydrogen) atoms. The van der Waals surface area contributed by atoms with Crippen LogP contribution in [0.1, 0.15) is 62.9 Å². The Morgan fingerprint density at radius 1 is 1.15 bits per heavy atom. The number of alkyl halides is 3. The Kier molecular flexibility index (Phi) is 9.72. The fraction of sp³-hybridized carbons (Fsp3) is 0.667. The van der Waals surface area contributed by atoms with Gasteiger partial charge in [0.25, 0.3) is 5.91 Å². The van der Waals surface area contributed by atoms with Crippen LogP contribution in [0, 0.1) is 17.8 Å². The minimum Gasteiger partial charge on any atom is -0.392 e. The summed E-state index contributed by atoms with van der Waals surface area (Å²) < 4.78 is 38.6. The quantitative estimate of drug-likeness (QED) is 0.445. The van der Waals surface area contributed by atoms with Crippen LogP contribution in [0.5, 0.6) is 0 Å². The summed E-state index contributed by atoms with van der Waals surface area (Å²) in [5, 5.41) is 19.6. The van der Waals surface area contributed by atoms with Gasteiger partial charge in [0.1, 0.15) is 0 Å². The highest BCUT2D eigenvalue weighted by molar-refractivity contribution is 5.96. The van der Waals surface area contributed by atoms with Crippen molar-refractivity contribution in [3.8, 4) is 0 Å². The van der Waals surface area contributed by atoms with Crippen molar-refractivity contribution < 1.29 is 27.9 Å². The van der Waals surface area contributed by atoms with Gasteiger partial charge in [0.15, 0.2) is 0 Å². The number of aliphatic hydroxyl groups is 1. The minimum absolute atomic E-state index is 0.0267. The van der Waals surface area contributed by atoms with Crippen molar-refractivity contribution >= 4 is 11.8 Å². The Balaban J connectivity index is 1.95. The molecule has 0 spiro atoms. The summed E-state index contributed by atoms with van der Waals surface area (Å²) in [5.74, 6) is -0.784. The number of halogens is 3. The maximum absolute atomic E-state index is 12.9. The standard InChI is InChI=1S/C24H36F3N3O3/c1-14(2)12-28-18-8-9-20(19(11-18)22(32)15(3)4)30-21(31)13-29-23(33)16-6-5-7-17(10-16)24(25,26)27/h5-7,10,14-15,18-20,22,28,32H,8-9,11-13H2,1-4H3,(H,29,33)(H,30,31)/t18-,19-,20+,22+/m1/s1. The molecule has 0 unspecified atom stereocenters. The van der Waals surface area contributed by atoms with Crippen molar-refractivity contribution in [1.29, 1.82) is 0 Å². The van der Waals surface area contributed by atoms with Crippen LogP contribution in [-0.2, 0) is 11.0 Å². The molecule has 0 heterocycles. The summed E-state index contributed by atoms with van der Waals surface area (Å²) in [4.78, 5) is 24.8. The molecule has 4 N–H and O–H groups in total. The van der Waals surface area contributed by atoms with E-state index in [1.54, 1.807) is 0 Å². The van der Waals surface area contributed by atoms with Crippen molar-refractivity contribution in [2.24, 2.45) is 17.8 Å². The van der Waals surface area contributed by atoms with E-state index in [9.17, 15) is 27.9 Å². The number of aliphatic hydroxyl groups excluding tert-OH is 1. The lowest BCUT2D eigenvalue weighted by molar-refractivity contribution is -0.137. The van der Waals surface area contributed by atoms with E-state index in [0.717, 1.165) is 37.6 Å². The number of hydrogen-bond donors (Lipinski definition) is 4. The Labute approximate surface area is 193 Å². The number of carbonyl (C=O) groups is 2. The number of rotatable bonds is 9. The highest BCUT2D eigenvalue weighted by Gasteiger charge is 2.37. The number of amides is 2. The first-order valence-electron chi connectivity index (χ1n) is 11.5. The predicted octanol–water partition coefficient (Wildman–Crippen LogP) is 3.35. The normalized spacial score (nSPS) is 22.3. The zero-order valence-corrected chi connectivity index (χ0v) is 19.7. The molecule has 186 valence electrons. The van der Waals surface area contributed by atoms with Gasteiger partial charge in [-0.15, -0.1) is 0 Å². The van der Waals surface area contributed by atoms with E-state index in [1.165, 1.54) is 6.07 Å². The third kappa shape index (κ3) is 8.30. The van der Waals surface area contributed by atoms with E-state index in [-0.39, 0.29) is 36.0 Å². The van der Waals surface area contributed by atoms with Crippen LogP contribution in [0.3, 0.4) is 0 Å². The third-order valence-corrected chi connectivity index (χ3v) is 6.04. The average molecular weight is 472 g/mol. The molecule has 1 aromatic carbocycles. The van der Waals surface area contributed by atoms with Crippen LogP contribution < -0.4 is 16.0 Å². The molecule has 1 aromatic rings. The van der Waals surface area contributed by atoms with E-state index >= 15 is 0 Å². The van der Waals surface area contributed by atoms with Crippen molar-refractivity contribution in [2.75, 3.05) is 13.1 Å². The van der Waals surface area contributed by atoms with Gasteiger partial charge in [-0.05, 0) is 55.8 Å². The van der Waals surface area contributed by atoms with Gasteiger partial charge in [-0.2, -0.15) is 13.2 Å². The summed E-state index contributed by atoms with van der Waals surface area (Å²) in [7, 11) is 0. The molecule has 6 nitrogen and oxygen atoms in total. The molecule has 2 rings (SSSR count). The molecular formula is C24H36F3N3O3. The van der Waals surface area contributed by atoms with Gasteiger partial charge in [-0.1, -0.05) is 33.8 Å². The number of benzene rings is 1. The summed E-state index contributed by atoms with van der Waals surface area (Å²) >= 11 is 0. The highest BCUT2D eigenvalue weighted by Crippen LogP contribution is 2.31. The van der Waals surface area contributed by atoms with E-state index in [2.05, 4.69) is 29.8 Å². The Bertz CT molecular complexity index is 799. The molecule has 1 aliphatic rings. The second-order valence-corrected chi connectivity index (χ2v) is 9.65. The number of carbonyl (C=O) groups excluding carboxylic acids is 2. The average Bonchev–Trinajstić information content (AvgIpc) is 2.75. The van der Waals surface area contributed by atoms with Gasteiger partial charge in [-0.25, -0.2) is 0 Å². The molecule has 1 fully saturated rings. The van der Waals surface area contributed by atoms with Crippen LogP contribution >= 0.6 is 0 Å². The lowest BCUT2D eigenvalue weighted by Gasteiger charge is -2.40. The SMILES string of the molecule is CC(C)CN[C@@H]1CC[C@H](NC(=O)CNC(=O)c2cccc(C(F)(F)F)c2)[C@H]([C@@H](O)C(C)C)C1. The molecule has 1 aliphatic carbocycles. The van der Waals surface area contributed by atoms with Crippen LogP contribution in [-0.4, -0.2) is 48.2 Å². The molecule has 0 bridgehead atoms. The van der Waals surface area contributed by atoms with E-state index < -0.39 is 29.7 Å². The zero-order valence-electron chi connectivity index (χ0n) is 19.7. The van der Waals surface area contributed by atoms with Gasteiger partial charge in [0, 0.05) is 23.6 Å². The molecule has 0 aliphatic heterocycles. The van der Waals surface area contributed by atoms with Crippen LogP contribution in [0.25, 0.3) is 0 Å². The zero-order chi connectivity index (χ0) is 24.8. The maximum atomic E-state index is 12.9. The van der Waals surface area contributed by atoms with E-state index in [4.69, 9.17) is 0 Å². The van der Waals surface area contributed by atoms with Crippen LogP contribution in [0.15, 0.2) is 24.3 Å². The summed E-state index contributed by atoms with van der Waals surface area (Å²) in [6.07, 6.45) is -2.86. The second-order valence-electron chi connectivity index (χ2n) is 9.65. The molecule has 0 aromatic heterocycles. The highest BCUT2D eigenvalue weighted by atomic mass is 19.4. The van der Waals surface area contributed by atoms with Gasteiger partial charge >= 0.3 is 6.18 Å². The van der Waals surface area contributed by atoms with Crippen molar-refractivity contribution in [3.05, 3.63) is 35.4 Å². The lowest BCUT2D eigenvalue weighted by Crippen LogP contribution is -2.54. The first-order valence-corrected chi connectivity index (χ1v) is 11.5. The predicted molar refractivity (Wildman–Crippen MR) is 121 cm³/mol. The molecule has 2 amide bonds. The monoisotopic (exact) mass is 471 g/mol. The molecule has 4 atom stereocenters. The molecule has 1 saturated carbocycles. The number of hydrogen-bond acceptors (Lipinski definition) is 4. The van der Waals surface area contributed by atoms with E-state index in [0.29, 0.717) is 12.3 Å². The lowest BCUT2D eigenvalue weighted by atomic mass is 9.75. The van der Waals surface area contributed by atoms with Gasteiger partial charge in [0.05, 0.1) is 18.2 Å². The van der Waals surface area contributed by atoms with Gasteiger partial charge in [0.2, 0.25) is 5.91 Å². The minimum atomic E-state index is -4.55. The molecule has 0 radical (unpaired) electrons. The molecule has 0 saturated heterocycles. The first kappa shape index (κ1) is 27.1. The topological polar surface area (TPSA) is 90.5 Å². The van der Waals surface area contributed by atoms with Gasteiger partial charge < -0.3 is 21.1 Å². The molecule has 9 heteroatoms. The maximum Gasteiger partial charge on any atom is 0.416 e. The fourth-order valence-electron chi connectivity index (χ4n) is 4.20. The third-order valence-electron chi connectivity index (χ3n) is 6.04. The number of nitrogens with one attached hydrogen (secondary N) is 3. The first-order chi connectivity index (χ1) is 15.4. The van der Waals surface area contributed by atoms with Crippen molar-refractivity contribution in [3.63, 3.8) is 0 Å². The molecular weight excluding hydrogens is 435 g/mol. The van der Waals surface area contributed by atoms with E-state index in [1.807, 2.05) is 13.8 Å². The largest absolute Gasteiger partial charge is 0.416 e. The Morgan fingerprint density at radius 2 is 1.85 bits per heavy atom. The van der Waals surface area contributed by atoms with Crippen LogP contribution in [0.4, 0.5) is 13.2 Å². The van der Waals surface area contributed by atoms with Gasteiger partial charge in [-0.3, -0.25) is 9.59 Å². The smallest absolute Gasteiger partial charge is 0.392 e. The fourth-order valence-corrected chi connectivity index (χ4v) is 4.20. The van der Waals surface area contributed by atoms with Crippen LogP contribution in [0.2, 0.25) is 0 Å². The summed E-state index contributed by atoms with van der Waals surface area (Å²) in [6.45, 7) is 8.66. The van der Waals surface area contributed by atoms with Crippen molar-refractivity contribution in [2.45, 2.75) is 71.3 Å². The van der Waals surface area contributed by atoms with Crippen molar-refractivity contribution in [1.82, 2.24) is 16.0 Å².